The normalized spacial score (nSPS) is 16.9. The molecule has 1 aliphatic rings. The lowest BCUT2D eigenvalue weighted by Gasteiger charge is -2.15. The van der Waals surface area contributed by atoms with Gasteiger partial charge in [-0.3, -0.25) is 4.79 Å². The van der Waals surface area contributed by atoms with E-state index in [0.29, 0.717) is 0 Å². The fourth-order valence-electron chi connectivity index (χ4n) is 2.17. The highest BCUT2D eigenvalue weighted by Crippen LogP contribution is 2.49. The van der Waals surface area contributed by atoms with Crippen molar-refractivity contribution in [1.29, 1.82) is 0 Å². The maximum absolute atomic E-state index is 11.8. The molecule has 1 aliphatic carbocycles. The molecule has 0 aromatic heterocycles. The van der Waals surface area contributed by atoms with Crippen molar-refractivity contribution in [3.63, 3.8) is 0 Å². The molecular formula is C13H17NO2. The van der Waals surface area contributed by atoms with Crippen LogP contribution in [0, 0.1) is 6.92 Å². The molecule has 0 bridgehead atoms. The van der Waals surface area contributed by atoms with Gasteiger partial charge in [-0.2, -0.15) is 0 Å². The van der Waals surface area contributed by atoms with Crippen molar-refractivity contribution < 1.29 is 9.53 Å². The number of ether oxygens (including phenoxy) is 1. The Kier molecular flexibility index (Phi) is 2.72. The molecular weight excluding hydrogens is 202 g/mol. The molecule has 3 heteroatoms. The Bertz CT molecular complexity index is 422. The molecule has 1 saturated carbocycles. The molecule has 3 nitrogen and oxygen atoms in total. The van der Waals surface area contributed by atoms with E-state index in [1.165, 1.54) is 0 Å². The minimum Gasteiger partial charge on any atom is -0.496 e. The predicted octanol–water partition coefficient (Wildman–Crippen LogP) is 1.56. The predicted molar refractivity (Wildman–Crippen MR) is 62.7 cm³/mol. The Morgan fingerprint density at radius 3 is 2.69 bits per heavy atom. The van der Waals surface area contributed by atoms with E-state index in [2.05, 4.69) is 0 Å². The van der Waals surface area contributed by atoms with E-state index in [1.807, 2.05) is 25.1 Å². The van der Waals surface area contributed by atoms with Gasteiger partial charge in [0.1, 0.15) is 5.75 Å². The standard InChI is InChI=1S/C13H17NO2/c1-9-3-4-10(7-11(9)16-2)13(5-6-13)12(15)8-14/h3-4,7H,5-6,8,14H2,1-2H3. The molecule has 0 amide bonds. The molecule has 0 aliphatic heterocycles. The van der Waals surface area contributed by atoms with Crippen molar-refractivity contribution in [3.8, 4) is 5.75 Å². The van der Waals surface area contributed by atoms with Gasteiger partial charge in [-0.05, 0) is 37.0 Å². The van der Waals surface area contributed by atoms with Crippen molar-refractivity contribution >= 4 is 5.78 Å². The quantitative estimate of drug-likeness (QED) is 0.836. The number of benzene rings is 1. The number of carbonyl (C=O) groups excluding carboxylic acids is 1. The van der Waals surface area contributed by atoms with E-state index in [4.69, 9.17) is 10.5 Å². The second-order valence-corrected chi connectivity index (χ2v) is 4.39. The molecule has 0 unspecified atom stereocenters. The molecule has 16 heavy (non-hydrogen) atoms. The Morgan fingerprint density at radius 2 is 2.19 bits per heavy atom. The van der Waals surface area contributed by atoms with Crippen LogP contribution in [0.5, 0.6) is 5.75 Å². The summed E-state index contributed by atoms with van der Waals surface area (Å²) in [6.45, 7) is 2.11. The van der Waals surface area contributed by atoms with E-state index in [-0.39, 0.29) is 17.7 Å². The molecule has 1 aromatic rings. The summed E-state index contributed by atoms with van der Waals surface area (Å²) in [5.41, 5.74) is 7.28. The lowest BCUT2D eigenvalue weighted by molar-refractivity contribution is -0.120. The van der Waals surface area contributed by atoms with Gasteiger partial charge in [0.05, 0.1) is 19.1 Å². The zero-order valence-corrected chi connectivity index (χ0v) is 9.75. The Labute approximate surface area is 95.6 Å². The second kappa shape index (κ2) is 3.91. The summed E-state index contributed by atoms with van der Waals surface area (Å²) in [6.07, 6.45) is 1.82. The van der Waals surface area contributed by atoms with Gasteiger partial charge < -0.3 is 10.5 Å². The minimum atomic E-state index is -0.310. The first-order chi connectivity index (χ1) is 7.64. The van der Waals surface area contributed by atoms with Crippen LogP contribution in [0.15, 0.2) is 18.2 Å². The number of ketones is 1. The average Bonchev–Trinajstić information content (AvgIpc) is 3.10. The van der Waals surface area contributed by atoms with Gasteiger partial charge in [0.2, 0.25) is 0 Å². The highest BCUT2D eigenvalue weighted by molar-refractivity contribution is 5.94. The summed E-state index contributed by atoms with van der Waals surface area (Å²) in [4.78, 5) is 11.8. The summed E-state index contributed by atoms with van der Waals surface area (Å²) in [6, 6.07) is 5.98. The largest absolute Gasteiger partial charge is 0.496 e. The third-order valence-corrected chi connectivity index (χ3v) is 3.43. The second-order valence-electron chi connectivity index (χ2n) is 4.39. The summed E-state index contributed by atoms with van der Waals surface area (Å²) in [7, 11) is 1.65. The highest BCUT2D eigenvalue weighted by Gasteiger charge is 2.50. The molecule has 2 rings (SSSR count). The van der Waals surface area contributed by atoms with Gasteiger partial charge in [0, 0.05) is 0 Å². The molecule has 0 saturated heterocycles. The maximum Gasteiger partial charge on any atom is 0.156 e. The van der Waals surface area contributed by atoms with Crippen molar-refractivity contribution in [2.24, 2.45) is 5.73 Å². The summed E-state index contributed by atoms with van der Waals surface area (Å²) >= 11 is 0. The zero-order chi connectivity index (χ0) is 11.8. The third-order valence-electron chi connectivity index (χ3n) is 3.43. The van der Waals surface area contributed by atoms with Gasteiger partial charge in [-0.25, -0.2) is 0 Å². The van der Waals surface area contributed by atoms with Crippen LogP contribution >= 0.6 is 0 Å². The number of nitrogens with two attached hydrogens (primary N) is 1. The van der Waals surface area contributed by atoms with Crippen molar-refractivity contribution in [3.05, 3.63) is 29.3 Å². The van der Waals surface area contributed by atoms with Crippen molar-refractivity contribution in [2.75, 3.05) is 13.7 Å². The SMILES string of the molecule is COc1cc(C2(C(=O)CN)CC2)ccc1C. The number of Topliss-reactive ketones (excluding diaryl/α,β-unsaturated/α-hetero) is 1. The number of rotatable bonds is 4. The van der Waals surface area contributed by atoms with Crippen molar-refractivity contribution in [1.82, 2.24) is 0 Å². The number of hydrogen-bond acceptors (Lipinski definition) is 3. The van der Waals surface area contributed by atoms with Gasteiger partial charge in [-0.15, -0.1) is 0 Å². The lowest BCUT2D eigenvalue weighted by Crippen LogP contribution is -2.27. The van der Waals surface area contributed by atoms with Crippen LogP contribution in [-0.4, -0.2) is 19.4 Å². The summed E-state index contributed by atoms with van der Waals surface area (Å²) in [5.74, 6) is 0.979. The maximum atomic E-state index is 11.8. The highest BCUT2D eigenvalue weighted by atomic mass is 16.5. The zero-order valence-electron chi connectivity index (χ0n) is 9.75. The first-order valence-corrected chi connectivity index (χ1v) is 5.52. The van der Waals surface area contributed by atoms with Crippen LogP contribution in [0.1, 0.15) is 24.0 Å². The van der Waals surface area contributed by atoms with Gasteiger partial charge in [0.25, 0.3) is 0 Å². The van der Waals surface area contributed by atoms with Gasteiger partial charge in [-0.1, -0.05) is 12.1 Å². The van der Waals surface area contributed by atoms with E-state index < -0.39 is 0 Å². The van der Waals surface area contributed by atoms with E-state index in [0.717, 1.165) is 29.7 Å². The molecule has 0 atom stereocenters. The van der Waals surface area contributed by atoms with Gasteiger partial charge in [0.15, 0.2) is 5.78 Å². The molecule has 0 radical (unpaired) electrons. The topological polar surface area (TPSA) is 52.3 Å². The smallest absolute Gasteiger partial charge is 0.156 e. The molecule has 0 spiro atoms. The Morgan fingerprint density at radius 1 is 1.50 bits per heavy atom. The minimum absolute atomic E-state index is 0.121. The fraction of sp³-hybridized carbons (Fsp3) is 0.462. The van der Waals surface area contributed by atoms with Crippen molar-refractivity contribution in [2.45, 2.75) is 25.2 Å². The van der Waals surface area contributed by atoms with Crippen LogP contribution in [0.4, 0.5) is 0 Å². The van der Waals surface area contributed by atoms with Crippen LogP contribution < -0.4 is 10.5 Å². The molecule has 2 N–H and O–H groups in total. The molecule has 1 fully saturated rings. The summed E-state index contributed by atoms with van der Waals surface area (Å²) in [5, 5.41) is 0. The number of hydrogen-bond donors (Lipinski definition) is 1. The van der Waals surface area contributed by atoms with E-state index >= 15 is 0 Å². The number of methoxy groups -OCH3 is 1. The molecule has 86 valence electrons. The average molecular weight is 219 g/mol. The van der Waals surface area contributed by atoms with Crippen LogP contribution in [-0.2, 0) is 10.2 Å². The van der Waals surface area contributed by atoms with Crippen LogP contribution in [0.25, 0.3) is 0 Å². The monoisotopic (exact) mass is 219 g/mol. The Hall–Kier alpha value is -1.35. The fourth-order valence-corrected chi connectivity index (χ4v) is 2.17. The third kappa shape index (κ3) is 1.61. The number of carbonyl (C=O) groups is 1. The number of aryl methyl sites for hydroxylation is 1. The Balaban J connectivity index is 2.38. The molecule has 1 aromatic carbocycles. The van der Waals surface area contributed by atoms with Crippen LogP contribution in [0.2, 0.25) is 0 Å². The van der Waals surface area contributed by atoms with Gasteiger partial charge >= 0.3 is 0 Å². The van der Waals surface area contributed by atoms with Crippen LogP contribution in [0.3, 0.4) is 0 Å². The lowest BCUT2D eigenvalue weighted by atomic mass is 9.90. The molecule has 0 heterocycles. The van der Waals surface area contributed by atoms with E-state index in [9.17, 15) is 4.79 Å². The first kappa shape index (κ1) is 11.1. The summed E-state index contributed by atoms with van der Waals surface area (Å²) < 4.78 is 5.28. The first-order valence-electron chi connectivity index (χ1n) is 5.52. The van der Waals surface area contributed by atoms with E-state index in [1.54, 1.807) is 7.11 Å².